The fraction of sp³-hybridized carbons (Fsp3) is 0.111. The summed E-state index contributed by atoms with van der Waals surface area (Å²) >= 11 is 0. The van der Waals surface area contributed by atoms with Gasteiger partial charge in [-0.1, -0.05) is 91.0 Å². The lowest BCUT2D eigenvalue weighted by molar-refractivity contribution is 0.715. The van der Waals surface area contributed by atoms with E-state index in [1.54, 1.807) is 0 Å². The summed E-state index contributed by atoms with van der Waals surface area (Å²) in [4.78, 5) is 0. The molecule has 1 unspecified atom stereocenters. The Kier molecular flexibility index (Phi) is 5.84. The van der Waals surface area contributed by atoms with E-state index in [4.69, 9.17) is 0 Å². The average Bonchev–Trinajstić information content (AvgIpc) is 2.76. The summed E-state index contributed by atoms with van der Waals surface area (Å²) in [6.45, 7) is 0. The van der Waals surface area contributed by atoms with Crippen molar-refractivity contribution in [1.82, 2.24) is 0 Å². The molecular weight excluding hydrogens is 338 g/mol. The van der Waals surface area contributed by atoms with Gasteiger partial charge in [0.1, 0.15) is 0 Å². The molecular formula is C27H25N. The summed E-state index contributed by atoms with van der Waals surface area (Å²) in [5.41, 5.74) is 6.35. The van der Waals surface area contributed by atoms with Crippen molar-refractivity contribution in [1.29, 1.82) is 0 Å². The van der Waals surface area contributed by atoms with E-state index in [0.29, 0.717) is 5.92 Å². The molecule has 1 atom stereocenters. The van der Waals surface area contributed by atoms with E-state index in [0.717, 1.165) is 24.2 Å². The average molecular weight is 364 g/mol. The minimum atomic E-state index is 0.374. The Morgan fingerprint density at radius 2 is 1.11 bits per heavy atom. The predicted octanol–water partition coefficient (Wildman–Crippen LogP) is 7.19. The molecule has 138 valence electrons. The van der Waals surface area contributed by atoms with Crippen LogP contribution in [0.4, 0.5) is 11.4 Å². The van der Waals surface area contributed by atoms with E-state index >= 15 is 0 Å². The van der Waals surface area contributed by atoms with Crippen LogP contribution in [0.15, 0.2) is 115 Å². The molecule has 1 nitrogen and oxygen atoms in total. The van der Waals surface area contributed by atoms with Crippen molar-refractivity contribution in [3.63, 3.8) is 0 Å². The maximum absolute atomic E-state index is 3.52. The van der Waals surface area contributed by atoms with Crippen molar-refractivity contribution < 1.29 is 0 Å². The largest absolute Gasteiger partial charge is 0.356 e. The quantitative estimate of drug-likeness (QED) is 0.366. The molecule has 0 bridgehead atoms. The molecule has 0 fully saturated rings. The number of hydrogen-bond donors (Lipinski definition) is 1. The second-order valence-corrected chi connectivity index (χ2v) is 7.10. The summed E-state index contributed by atoms with van der Waals surface area (Å²) in [5.74, 6) is 0.374. The summed E-state index contributed by atoms with van der Waals surface area (Å²) < 4.78 is 0. The molecule has 4 rings (SSSR count). The van der Waals surface area contributed by atoms with Crippen LogP contribution >= 0.6 is 0 Å². The maximum atomic E-state index is 3.52. The van der Waals surface area contributed by atoms with E-state index in [1.807, 2.05) is 6.07 Å². The molecule has 0 aliphatic heterocycles. The molecule has 28 heavy (non-hydrogen) atoms. The van der Waals surface area contributed by atoms with Crippen molar-refractivity contribution in [3.8, 4) is 0 Å². The normalized spacial score (nSPS) is 11.7. The zero-order valence-corrected chi connectivity index (χ0v) is 16.0. The molecule has 0 saturated heterocycles. The molecule has 0 aliphatic carbocycles. The number of nitrogens with one attached hydrogen (secondary N) is 1. The first-order chi connectivity index (χ1) is 13.9. The monoisotopic (exact) mass is 363 g/mol. The van der Waals surface area contributed by atoms with E-state index in [2.05, 4.69) is 115 Å². The zero-order valence-electron chi connectivity index (χ0n) is 16.0. The summed E-state index contributed by atoms with van der Waals surface area (Å²) in [6, 6.07) is 40.8. The Balaban J connectivity index is 1.60. The highest BCUT2D eigenvalue weighted by atomic mass is 14.9. The van der Waals surface area contributed by atoms with Crippen molar-refractivity contribution in [2.24, 2.45) is 0 Å². The van der Waals surface area contributed by atoms with Gasteiger partial charge in [-0.15, -0.1) is 0 Å². The van der Waals surface area contributed by atoms with Crippen LogP contribution in [0.3, 0.4) is 0 Å². The van der Waals surface area contributed by atoms with E-state index in [-0.39, 0.29) is 0 Å². The molecule has 4 aromatic carbocycles. The number of rotatable bonds is 7. The second kappa shape index (κ2) is 9.05. The summed E-state index contributed by atoms with van der Waals surface area (Å²) in [5, 5.41) is 3.52. The Bertz CT molecular complexity index is 978. The van der Waals surface area contributed by atoms with Crippen LogP contribution in [0, 0.1) is 0 Å². The van der Waals surface area contributed by atoms with Crippen LogP contribution < -0.4 is 5.32 Å². The van der Waals surface area contributed by atoms with Gasteiger partial charge in [-0.3, -0.25) is 0 Å². The minimum absolute atomic E-state index is 0.374. The van der Waals surface area contributed by atoms with Gasteiger partial charge < -0.3 is 5.32 Å². The molecule has 0 heterocycles. The van der Waals surface area contributed by atoms with Gasteiger partial charge >= 0.3 is 0 Å². The van der Waals surface area contributed by atoms with Crippen molar-refractivity contribution >= 4 is 11.4 Å². The number of hydrogen-bond acceptors (Lipinski definition) is 1. The van der Waals surface area contributed by atoms with Gasteiger partial charge in [-0.25, -0.2) is 0 Å². The Morgan fingerprint density at radius 3 is 1.82 bits per heavy atom. The second-order valence-electron chi connectivity index (χ2n) is 7.10. The molecule has 1 N–H and O–H groups in total. The van der Waals surface area contributed by atoms with Crippen LogP contribution in [0.25, 0.3) is 0 Å². The van der Waals surface area contributed by atoms with Gasteiger partial charge in [-0.05, 0) is 53.8 Å². The zero-order chi connectivity index (χ0) is 19.0. The van der Waals surface area contributed by atoms with Crippen LogP contribution in [0.5, 0.6) is 0 Å². The highest BCUT2D eigenvalue weighted by molar-refractivity contribution is 5.60. The van der Waals surface area contributed by atoms with Crippen molar-refractivity contribution in [2.45, 2.75) is 18.8 Å². The third kappa shape index (κ3) is 4.69. The fourth-order valence-corrected chi connectivity index (χ4v) is 3.69. The van der Waals surface area contributed by atoms with Crippen molar-refractivity contribution in [3.05, 3.63) is 132 Å². The molecule has 0 aliphatic rings. The number of para-hydroxylation sites is 1. The van der Waals surface area contributed by atoms with Crippen LogP contribution in [-0.4, -0.2) is 0 Å². The lowest BCUT2D eigenvalue weighted by Gasteiger charge is -2.19. The van der Waals surface area contributed by atoms with Crippen LogP contribution in [0.1, 0.15) is 29.0 Å². The summed E-state index contributed by atoms with van der Waals surface area (Å²) in [6.07, 6.45) is 2.15. The Hall–Kier alpha value is -3.32. The van der Waals surface area contributed by atoms with Gasteiger partial charge in [0.2, 0.25) is 0 Å². The molecule has 4 aromatic rings. The topological polar surface area (TPSA) is 12.0 Å². The molecule has 0 spiro atoms. The molecule has 0 saturated carbocycles. The minimum Gasteiger partial charge on any atom is -0.356 e. The maximum Gasteiger partial charge on any atom is 0.0387 e. The van der Waals surface area contributed by atoms with Crippen molar-refractivity contribution in [2.75, 3.05) is 5.32 Å². The molecule has 0 aromatic heterocycles. The van der Waals surface area contributed by atoms with E-state index in [1.165, 1.54) is 16.7 Å². The van der Waals surface area contributed by atoms with Gasteiger partial charge in [0.15, 0.2) is 0 Å². The molecule has 1 heteroatoms. The number of anilines is 2. The Labute approximate surface area is 167 Å². The predicted molar refractivity (Wildman–Crippen MR) is 119 cm³/mol. The number of benzene rings is 4. The highest BCUT2D eigenvalue weighted by Crippen LogP contribution is 2.31. The van der Waals surface area contributed by atoms with Gasteiger partial charge in [0.05, 0.1) is 0 Å². The smallest absolute Gasteiger partial charge is 0.0387 e. The first kappa shape index (κ1) is 18.1. The van der Waals surface area contributed by atoms with Gasteiger partial charge in [0.25, 0.3) is 0 Å². The van der Waals surface area contributed by atoms with Gasteiger partial charge in [-0.2, -0.15) is 0 Å². The lowest BCUT2D eigenvalue weighted by atomic mass is 9.86. The first-order valence-electron chi connectivity index (χ1n) is 9.89. The first-order valence-corrected chi connectivity index (χ1v) is 9.89. The SMILES string of the molecule is c1ccc(CCC(c2ccccc2)c2cccc(Nc3ccccc3)c2)cc1. The molecule has 0 amide bonds. The number of aryl methyl sites for hydroxylation is 1. The molecule has 0 radical (unpaired) electrons. The van der Waals surface area contributed by atoms with E-state index in [9.17, 15) is 0 Å². The third-order valence-corrected chi connectivity index (χ3v) is 5.12. The van der Waals surface area contributed by atoms with Gasteiger partial charge in [0, 0.05) is 17.3 Å². The summed E-state index contributed by atoms with van der Waals surface area (Å²) in [7, 11) is 0. The van der Waals surface area contributed by atoms with Crippen LogP contribution in [-0.2, 0) is 6.42 Å². The lowest BCUT2D eigenvalue weighted by Crippen LogP contribution is -2.04. The fourth-order valence-electron chi connectivity index (χ4n) is 3.69. The Morgan fingerprint density at radius 1 is 0.536 bits per heavy atom. The standard InChI is InChI=1S/C27H25N/c1-4-11-22(12-5-1)19-20-27(23-13-6-2-7-14-23)24-15-10-18-26(21-24)28-25-16-8-3-9-17-25/h1-18,21,27-28H,19-20H2. The highest BCUT2D eigenvalue weighted by Gasteiger charge is 2.14. The van der Waals surface area contributed by atoms with Crippen LogP contribution in [0.2, 0.25) is 0 Å². The third-order valence-electron chi connectivity index (χ3n) is 5.12. The van der Waals surface area contributed by atoms with E-state index < -0.39 is 0 Å².